The van der Waals surface area contributed by atoms with Gasteiger partial charge in [-0.05, 0) is 18.2 Å². The molecule has 0 aliphatic rings. The highest BCUT2D eigenvalue weighted by Crippen LogP contribution is 2.31. The first-order valence-electron chi connectivity index (χ1n) is 4.65. The number of halogens is 3. The second-order valence-corrected chi connectivity index (χ2v) is 3.21. The van der Waals surface area contributed by atoms with Gasteiger partial charge < -0.3 is 15.5 Å². The van der Waals surface area contributed by atoms with Gasteiger partial charge >= 0.3 is 12.1 Å². The number of carboxylic acids is 1. The van der Waals surface area contributed by atoms with Crippen molar-refractivity contribution in [2.45, 2.75) is 6.18 Å². The third-order valence-electron chi connectivity index (χ3n) is 2.00. The van der Waals surface area contributed by atoms with Crippen molar-refractivity contribution in [1.29, 1.82) is 0 Å². The quantitative estimate of drug-likeness (QED) is 0.761. The van der Waals surface area contributed by atoms with Crippen molar-refractivity contribution in [1.82, 2.24) is 0 Å². The van der Waals surface area contributed by atoms with E-state index in [1.54, 1.807) is 0 Å². The average molecular weight is 249 g/mol. The van der Waals surface area contributed by atoms with E-state index in [1.807, 2.05) is 0 Å². The van der Waals surface area contributed by atoms with Crippen LogP contribution in [0.15, 0.2) is 18.2 Å². The number of aliphatic hydroxyl groups is 1. The van der Waals surface area contributed by atoms with E-state index in [-0.39, 0.29) is 18.8 Å². The largest absolute Gasteiger partial charge is 0.478 e. The number of alkyl halides is 3. The van der Waals surface area contributed by atoms with Crippen LogP contribution in [0.4, 0.5) is 18.9 Å². The van der Waals surface area contributed by atoms with E-state index < -0.39 is 23.3 Å². The van der Waals surface area contributed by atoms with Crippen LogP contribution in [-0.2, 0) is 6.18 Å². The summed E-state index contributed by atoms with van der Waals surface area (Å²) in [5.41, 5.74) is -1.46. The van der Waals surface area contributed by atoms with Crippen molar-refractivity contribution in [3.8, 4) is 0 Å². The molecule has 0 aromatic heterocycles. The van der Waals surface area contributed by atoms with Crippen molar-refractivity contribution in [2.24, 2.45) is 0 Å². The zero-order valence-corrected chi connectivity index (χ0v) is 8.58. The lowest BCUT2D eigenvalue weighted by Crippen LogP contribution is -2.12. The van der Waals surface area contributed by atoms with Crippen LogP contribution in [-0.4, -0.2) is 29.3 Å². The van der Waals surface area contributed by atoms with E-state index in [0.717, 1.165) is 12.1 Å². The maximum Gasteiger partial charge on any atom is 0.416 e. The molecule has 0 atom stereocenters. The molecule has 0 aliphatic carbocycles. The number of rotatable bonds is 4. The Morgan fingerprint density at radius 1 is 1.35 bits per heavy atom. The third kappa shape index (κ3) is 3.35. The predicted molar refractivity (Wildman–Crippen MR) is 54.0 cm³/mol. The maximum atomic E-state index is 12.4. The number of nitrogens with one attached hydrogen (secondary N) is 1. The molecular weight excluding hydrogens is 239 g/mol. The van der Waals surface area contributed by atoms with Crippen molar-refractivity contribution < 1.29 is 28.2 Å². The summed E-state index contributed by atoms with van der Waals surface area (Å²) in [5.74, 6) is -1.46. The topological polar surface area (TPSA) is 69.6 Å². The van der Waals surface area contributed by atoms with E-state index in [9.17, 15) is 18.0 Å². The fourth-order valence-corrected chi connectivity index (χ4v) is 1.24. The van der Waals surface area contributed by atoms with Gasteiger partial charge in [0.25, 0.3) is 0 Å². The van der Waals surface area contributed by atoms with Gasteiger partial charge in [0.1, 0.15) is 0 Å². The van der Waals surface area contributed by atoms with E-state index in [1.165, 1.54) is 0 Å². The molecule has 7 heteroatoms. The van der Waals surface area contributed by atoms with E-state index in [2.05, 4.69) is 5.32 Å². The summed E-state index contributed by atoms with van der Waals surface area (Å²) in [7, 11) is 0. The first kappa shape index (κ1) is 13.3. The number of aromatic carboxylic acids is 1. The van der Waals surface area contributed by atoms with Crippen molar-refractivity contribution in [3.05, 3.63) is 29.3 Å². The van der Waals surface area contributed by atoms with Crippen LogP contribution in [0.2, 0.25) is 0 Å². The van der Waals surface area contributed by atoms with Gasteiger partial charge in [-0.25, -0.2) is 4.79 Å². The minimum Gasteiger partial charge on any atom is -0.478 e. The summed E-state index contributed by atoms with van der Waals surface area (Å²) in [6.45, 7) is -0.189. The second kappa shape index (κ2) is 5.05. The van der Waals surface area contributed by atoms with Gasteiger partial charge in [0.05, 0.1) is 17.7 Å². The first-order chi connectivity index (χ1) is 7.86. The smallest absolute Gasteiger partial charge is 0.416 e. The lowest BCUT2D eigenvalue weighted by Gasteiger charge is -2.12. The molecule has 0 saturated carbocycles. The highest BCUT2D eigenvalue weighted by Gasteiger charge is 2.31. The molecule has 0 bridgehead atoms. The van der Waals surface area contributed by atoms with Gasteiger partial charge in [-0.15, -0.1) is 0 Å². The van der Waals surface area contributed by atoms with Gasteiger partial charge in [-0.2, -0.15) is 13.2 Å². The van der Waals surface area contributed by atoms with Crippen LogP contribution in [0, 0.1) is 0 Å². The number of carboxylic acid groups (broad SMARTS) is 1. The lowest BCUT2D eigenvalue weighted by molar-refractivity contribution is -0.137. The standard InChI is InChI=1S/C10H10F3NO3/c11-10(12,13)6-1-2-8(14-3-4-15)7(5-6)9(16)17/h1-2,5,14-15H,3-4H2,(H,16,17). The molecule has 0 spiro atoms. The highest BCUT2D eigenvalue weighted by atomic mass is 19.4. The molecule has 0 aliphatic heterocycles. The summed E-state index contributed by atoms with van der Waals surface area (Å²) in [4.78, 5) is 10.8. The van der Waals surface area contributed by atoms with Gasteiger partial charge in [0, 0.05) is 12.2 Å². The summed E-state index contributed by atoms with van der Waals surface area (Å²) < 4.78 is 37.1. The van der Waals surface area contributed by atoms with Crippen molar-refractivity contribution in [3.63, 3.8) is 0 Å². The zero-order chi connectivity index (χ0) is 13.1. The summed E-state index contributed by atoms with van der Waals surface area (Å²) >= 11 is 0. The molecule has 3 N–H and O–H groups in total. The van der Waals surface area contributed by atoms with E-state index in [0.29, 0.717) is 6.07 Å². The van der Waals surface area contributed by atoms with Gasteiger partial charge in [0.2, 0.25) is 0 Å². The predicted octanol–water partition coefficient (Wildman–Crippen LogP) is 1.81. The maximum absolute atomic E-state index is 12.4. The fourth-order valence-electron chi connectivity index (χ4n) is 1.24. The number of aliphatic hydroxyl groups excluding tert-OH is 1. The summed E-state index contributed by atoms with van der Waals surface area (Å²) in [6.07, 6.45) is -4.58. The van der Waals surface area contributed by atoms with Crippen LogP contribution < -0.4 is 5.32 Å². The Balaban J connectivity index is 3.13. The van der Waals surface area contributed by atoms with Crippen LogP contribution >= 0.6 is 0 Å². The molecule has 0 unspecified atom stereocenters. The molecule has 4 nitrogen and oxygen atoms in total. The molecule has 0 saturated heterocycles. The molecule has 0 fully saturated rings. The highest BCUT2D eigenvalue weighted by molar-refractivity contribution is 5.94. The monoisotopic (exact) mass is 249 g/mol. The Bertz CT molecular complexity index is 418. The summed E-state index contributed by atoms with van der Waals surface area (Å²) in [6, 6.07) is 2.37. The molecule has 94 valence electrons. The number of hydrogen-bond acceptors (Lipinski definition) is 3. The van der Waals surface area contributed by atoms with Crippen molar-refractivity contribution >= 4 is 11.7 Å². The Morgan fingerprint density at radius 3 is 2.47 bits per heavy atom. The Morgan fingerprint density at radius 2 is 2.00 bits per heavy atom. The third-order valence-corrected chi connectivity index (χ3v) is 2.00. The van der Waals surface area contributed by atoms with Crippen molar-refractivity contribution in [2.75, 3.05) is 18.5 Å². The van der Waals surface area contributed by atoms with Crippen LogP contribution in [0.1, 0.15) is 15.9 Å². The van der Waals surface area contributed by atoms with Crippen LogP contribution in [0.5, 0.6) is 0 Å². The Kier molecular flexibility index (Phi) is 3.95. The Labute approximate surface area is 94.7 Å². The molecule has 1 aromatic rings. The number of anilines is 1. The molecule has 1 rings (SSSR count). The molecule has 1 aromatic carbocycles. The van der Waals surface area contributed by atoms with Gasteiger partial charge in [-0.3, -0.25) is 0 Å². The van der Waals surface area contributed by atoms with Gasteiger partial charge in [0.15, 0.2) is 0 Å². The normalized spacial score (nSPS) is 11.3. The molecule has 17 heavy (non-hydrogen) atoms. The van der Waals surface area contributed by atoms with E-state index >= 15 is 0 Å². The average Bonchev–Trinajstić information content (AvgIpc) is 2.24. The fraction of sp³-hybridized carbons (Fsp3) is 0.300. The molecular formula is C10H10F3NO3. The summed E-state index contributed by atoms with van der Waals surface area (Å²) in [5, 5.41) is 19.9. The van der Waals surface area contributed by atoms with Crippen LogP contribution in [0.25, 0.3) is 0 Å². The Hall–Kier alpha value is -1.76. The first-order valence-corrected chi connectivity index (χ1v) is 4.65. The van der Waals surface area contributed by atoms with E-state index in [4.69, 9.17) is 10.2 Å². The number of hydrogen-bond donors (Lipinski definition) is 3. The number of carbonyl (C=O) groups is 1. The lowest BCUT2D eigenvalue weighted by atomic mass is 10.1. The van der Waals surface area contributed by atoms with Gasteiger partial charge in [-0.1, -0.05) is 0 Å². The molecule has 0 heterocycles. The minimum atomic E-state index is -4.58. The molecule has 0 radical (unpaired) electrons. The minimum absolute atomic E-state index is 0.0413. The number of benzene rings is 1. The zero-order valence-electron chi connectivity index (χ0n) is 8.58. The SMILES string of the molecule is O=C(O)c1cc(C(F)(F)F)ccc1NCCO. The second-order valence-electron chi connectivity index (χ2n) is 3.21. The molecule has 0 amide bonds. The van der Waals surface area contributed by atoms with Crippen LogP contribution in [0.3, 0.4) is 0 Å².